The lowest BCUT2D eigenvalue weighted by Gasteiger charge is -2.15. The summed E-state index contributed by atoms with van der Waals surface area (Å²) in [5.74, 6) is 0.00598. The fraction of sp³-hybridized carbons (Fsp3) is 0.312. The molecule has 0 bridgehead atoms. The topological polar surface area (TPSA) is 56.0 Å². The van der Waals surface area contributed by atoms with E-state index in [4.69, 9.17) is 0 Å². The van der Waals surface area contributed by atoms with Crippen LogP contribution in [0, 0.1) is 0 Å². The van der Waals surface area contributed by atoms with Gasteiger partial charge in [-0.3, -0.25) is 14.2 Å². The molecule has 1 atom stereocenters. The second-order valence-corrected chi connectivity index (χ2v) is 5.67. The minimum absolute atomic E-state index is 0.00598. The number of amides is 1. The molecule has 0 saturated carbocycles. The lowest BCUT2D eigenvalue weighted by Crippen LogP contribution is -2.29. The SMILES string of the molecule is Cn1nc(C(=O)N2CCC(n3cccn3)C2)c2ccccc21. The Morgan fingerprint density at radius 2 is 2.14 bits per heavy atom. The smallest absolute Gasteiger partial charge is 0.275 e. The Bertz CT molecular complexity index is 820. The summed E-state index contributed by atoms with van der Waals surface area (Å²) in [4.78, 5) is 14.7. The number of hydrogen-bond donors (Lipinski definition) is 0. The van der Waals surface area contributed by atoms with Crippen LogP contribution in [0.5, 0.6) is 0 Å². The summed E-state index contributed by atoms with van der Waals surface area (Å²) in [6, 6.07) is 10.0. The van der Waals surface area contributed by atoms with Crippen LogP contribution < -0.4 is 0 Å². The van der Waals surface area contributed by atoms with E-state index in [2.05, 4.69) is 10.2 Å². The zero-order valence-electron chi connectivity index (χ0n) is 12.4. The number of hydrogen-bond acceptors (Lipinski definition) is 3. The third-order valence-electron chi connectivity index (χ3n) is 4.31. The van der Waals surface area contributed by atoms with Gasteiger partial charge in [0, 0.05) is 37.9 Å². The van der Waals surface area contributed by atoms with Crippen LogP contribution in [0.3, 0.4) is 0 Å². The zero-order chi connectivity index (χ0) is 15.1. The van der Waals surface area contributed by atoms with Crippen molar-refractivity contribution in [3.05, 3.63) is 48.4 Å². The first kappa shape index (κ1) is 13.1. The van der Waals surface area contributed by atoms with Crippen molar-refractivity contribution in [1.82, 2.24) is 24.5 Å². The van der Waals surface area contributed by atoms with Gasteiger partial charge >= 0.3 is 0 Å². The van der Waals surface area contributed by atoms with E-state index in [0.717, 1.165) is 23.9 Å². The summed E-state index contributed by atoms with van der Waals surface area (Å²) in [6.07, 6.45) is 4.66. The molecule has 1 saturated heterocycles. The molecule has 1 aliphatic rings. The minimum atomic E-state index is 0.00598. The van der Waals surface area contributed by atoms with Crippen molar-refractivity contribution in [2.45, 2.75) is 12.5 Å². The Morgan fingerprint density at radius 1 is 1.27 bits per heavy atom. The third kappa shape index (κ3) is 1.99. The Hall–Kier alpha value is -2.63. The number of carbonyl (C=O) groups excluding carboxylic acids is 1. The van der Waals surface area contributed by atoms with Gasteiger partial charge in [0.1, 0.15) is 0 Å². The number of aromatic nitrogens is 4. The quantitative estimate of drug-likeness (QED) is 0.725. The van der Waals surface area contributed by atoms with E-state index in [9.17, 15) is 4.79 Å². The van der Waals surface area contributed by atoms with Crippen LogP contribution in [0.1, 0.15) is 23.0 Å². The molecule has 4 rings (SSSR count). The number of likely N-dealkylation sites (tertiary alicyclic amines) is 1. The van der Waals surface area contributed by atoms with E-state index in [1.165, 1.54) is 0 Å². The Labute approximate surface area is 127 Å². The molecule has 1 unspecified atom stereocenters. The molecular formula is C16H17N5O. The number of benzene rings is 1. The molecule has 0 radical (unpaired) electrons. The first-order valence-corrected chi connectivity index (χ1v) is 7.44. The van der Waals surface area contributed by atoms with Gasteiger partial charge < -0.3 is 4.90 Å². The van der Waals surface area contributed by atoms with Crippen molar-refractivity contribution in [3.63, 3.8) is 0 Å². The van der Waals surface area contributed by atoms with E-state index in [1.54, 1.807) is 10.9 Å². The molecule has 1 aliphatic heterocycles. The fourth-order valence-electron chi connectivity index (χ4n) is 3.16. The number of nitrogens with zero attached hydrogens (tertiary/aromatic N) is 5. The lowest BCUT2D eigenvalue weighted by molar-refractivity contribution is 0.0782. The lowest BCUT2D eigenvalue weighted by atomic mass is 10.2. The molecular weight excluding hydrogens is 278 g/mol. The maximum atomic E-state index is 12.8. The van der Waals surface area contributed by atoms with Gasteiger partial charge in [-0.2, -0.15) is 10.2 Å². The highest BCUT2D eigenvalue weighted by molar-refractivity contribution is 6.04. The van der Waals surface area contributed by atoms with Crippen LogP contribution in [-0.2, 0) is 7.05 Å². The summed E-state index contributed by atoms with van der Waals surface area (Å²) in [5, 5.41) is 9.62. The van der Waals surface area contributed by atoms with Gasteiger partial charge in [-0.05, 0) is 18.6 Å². The van der Waals surface area contributed by atoms with E-state index in [0.29, 0.717) is 12.2 Å². The Balaban J connectivity index is 1.62. The molecule has 1 aromatic carbocycles. The Kier molecular flexibility index (Phi) is 2.96. The van der Waals surface area contributed by atoms with Gasteiger partial charge in [0.2, 0.25) is 0 Å². The molecule has 22 heavy (non-hydrogen) atoms. The van der Waals surface area contributed by atoms with Crippen molar-refractivity contribution in [2.75, 3.05) is 13.1 Å². The molecule has 0 aliphatic carbocycles. The molecule has 1 amide bonds. The van der Waals surface area contributed by atoms with Gasteiger partial charge in [-0.15, -0.1) is 0 Å². The number of fused-ring (bicyclic) bond motifs is 1. The molecule has 6 nitrogen and oxygen atoms in total. The number of aryl methyl sites for hydroxylation is 1. The van der Waals surface area contributed by atoms with Crippen molar-refractivity contribution < 1.29 is 4.79 Å². The minimum Gasteiger partial charge on any atom is -0.335 e. The van der Waals surface area contributed by atoms with Crippen molar-refractivity contribution in [1.29, 1.82) is 0 Å². The van der Waals surface area contributed by atoms with E-state index < -0.39 is 0 Å². The van der Waals surface area contributed by atoms with E-state index >= 15 is 0 Å². The van der Waals surface area contributed by atoms with Crippen LogP contribution >= 0.6 is 0 Å². The normalized spacial score (nSPS) is 18.2. The van der Waals surface area contributed by atoms with E-state index in [-0.39, 0.29) is 11.9 Å². The summed E-state index contributed by atoms with van der Waals surface area (Å²) in [7, 11) is 1.87. The van der Waals surface area contributed by atoms with Gasteiger partial charge in [0.05, 0.1) is 11.6 Å². The van der Waals surface area contributed by atoms with Gasteiger partial charge in [-0.25, -0.2) is 0 Å². The van der Waals surface area contributed by atoms with Gasteiger partial charge in [0.15, 0.2) is 5.69 Å². The highest BCUT2D eigenvalue weighted by atomic mass is 16.2. The molecule has 3 heterocycles. The summed E-state index contributed by atoms with van der Waals surface area (Å²) in [5.41, 5.74) is 1.52. The number of para-hydroxylation sites is 1. The molecule has 112 valence electrons. The Morgan fingerprint density at radius 3 is 2.95 bits per heavy atom. The second kappa shape index (κ2) is 4.98. The van der Waals surface area contributed by atoms with Crippen LogP contribution in [0.2, 0.25) is 0 Å². The van der Waals surface area contributed by atoms with Crippen LogP contribution in [0.15, 0.2) is 42.7 Å². The summed E-state index contributed by atoms with van der Waals surface area (Å²) in [6.45, 7) is 1.43. The zero-order valence-corrected chi connectivity index (χ0v) is 12.4. The van der Waals surface area contributed by atoms with Crippen LogP contribution in [0.25, 0.3) is 10.9 Å². The standard InChI is InChI=1S/C16H17N5O/c1-19-14-6-3-2-5-13(14)15(18-19)16(22)20-10-7-12(11-20)21-9-4-8-17-21/h2-6,8-9,12H,7,10-11H2,1H3. The molecule has 0 spiro atoms. The van der Waals surface area contributed by atoms with Crippen LogP contribution in [0.4, 0.5) is 0 Å². The first-order valence-electron chi connectivity index (χ1n) is 7.44. The summed E-state index contributed by atoms with van der Waals surface area (Å²) >= 11 is 0. The van der Waals surface area contributed by atoms with Crippen LogP contribution in [-0.4, -0.2) is 43.5 Å². The molecule has 2 aromatic heterocycles. The molecule has 3 aromatic rings. The molecule has 0 N–H and O–H groups in total. The highest BCUT2D eigenvalue weighted by Crippen LogP contribution is 2.25. The first-order chi connectivity index (χ1) is 10.7. The molecule has 1 fully saturated rings. The van der Waals surface area contributed by atoms with E-state index in [1.807, 2.05) is 53.2 Å². The second-order valence-electron chi connectivity index (χ2n) is 5.67. The largest absolute Gasteiger partial charge is 0.335 e. The maximum Gasteiger partial charge on any atom is 0.275 e. The maximum absolute atomic E-state index is 12.8. The van der Waals surface area contributed by atoms with Crippen molar-refractivity contribution >= 4 is 16.8 Å². The van der Waals surface area contributed by atoms with Crippen molar-refractivity contribution in [3.8, 4) is 0 Å². The number of carbonyl (C=O) groups is 1. The predicted molar refractivity (Wildman–Crippen MR) is 82.5 cm³/mol. The number of rotatable bonds is 2. The predicted octanol–water partition coefficient (Wildman–Crippen LogP) is 1.86. The fourth-order valence-corrected chi connectivity index (χ4v) is 3.16. The van der Waals surface area contributed by atoms with Crippen molar-refractivity contribution in [2.24, 2.45) is 7.05 Å². The van der Waals surface area contributed by atoms with Gasteiger partial charge in [0.25, 0.3) is 5.91 Å². The molecule has 6 heteroatoms. The highest BCUT2D eigenvalue weighted by Gasteiger charge is 2.30. The monoisotopic (exact) mass is 295 g/mol. The average molecular weight is 295 g/mol. The average Bonchev–Trinajstić information content (AvgIpc) is 3.26. The summed E-state index contributed by atoms with van der Waals surface area (Å²) < 4.78 is 3.70. The third-order valence-corrected chi connectivity index (χ3v) is 4.31. The van der Waals surface area contributed by atoms with Gasteiger partial charge in [-0.1, -0.05) is 18.2 Å².